The van der Waals surface area contributed by atoms with Gasteiger partial charge in [-0.2, -0.15) is 25.7 Å². The van der Waals surface area contributed by atoms with E-state index < -0.39 is 36.2 Å². The summed E-state index contributed by atoms with van der Waals surface area (Å²) in [6.07, 6.45) is 11.0. The first-order valence-electron chi connectivity index (χ1n) is 41.5. The summed E-state index contributed by atoms with van der Waals surface area (Å²) in [6, 6.07) is 30.8. The standard InChI is InChI=1S/C19H16FN5O3.C18H16BrFN4O3.C18H18FN5O3.C18H17FN4O2.C17H15FN4O2S/c1-10-9-27-19(26)17-14(8-21)24-25-6-5-16(23-18(17)25)22-11(2)13-7-12(20)3-4-15(13)28-10;1-9-8-26-18(25)15-16(19)23-24-6-5-14(22-17(15)24)21-10(2)12-7-11(20)3-4-13(12)27-9;1-9-8-26-18(25)15-16(20)23-24-6-5-14(22-17(15)24)21-10(2)12-7-11(19)3-4-13(12)27-9;1-11-13-9-12(19)4-5-16(13)25-8-2-3-15(24)14-10-20-23-7-6-17(21-11)22-18(14)23;1-10-12-8-11(18)2-3-14(12)24-6-7-25-17(23)13-9-19-22-5-4-15(20-10)21-16(13)22/h3-7,10-11H,9H2,1-2H3,(H,22,23);3-7,9-10H,8H2,1-2H3,(H,21,22);3-7,9-10H,8H2,1-2H3,(H2,20,23)(H,21,22);4-7,9-11H,2-3,8H2,1H3,(H,21,22);2-5,8-10H,6-7H2,1H3,(H,20,21)/t10-,11+;2*9-,10+;11-;10-/m00011/s1. The highest BCUT2D eigenvalue weighted by atomic mass is 79.9. The number of carbonyl (C=O) groups is 5. The van der Waals surface area contributed by atoms with E-state index >= 15 is 0 Å². The van der Waals surface area contributed by atoms with Crippen LogP contribution in [-0.4, -0.2) is 159 Å². The molecule has 10 bridgehead atoms. The number of nitrogen functional groups attached to an aromatic ring is 1. The third-order valence-electron chi connectivity index (χ3n) is 21.1. The number of anilines is 6. The Labute approximate surface area is 760 Å². The van der Waals surface area contributed by atoms with Crippen molar-refractivity contribution < 1.29 is 83.8 Å². The lowest BCUT2D eigenvalue weighted by Crippen LogP contribution is -2.23. The highest BCUT2D eigenvalue weighted by molar-refractivity contribution is 9.10. The van der Waals surface area contributed by atoms with Gasteiger partial charge in [0.1, 0.15) is 152 Å². The number of cyclic esters (lactones) is 3. The summed E-state index contributed by atoms with van der Waals surface area (Å²) >= 11 is 4.44. The molecule has 8 atom stereocenters. The SMILES string of the molecule is C[C@H]1COC(=O)c2c(Br)nn3ccc(nc23)N[C@H](C)c2cc(F)ccc2O1.C[C@H]1COC(=O)c2c(C#N)nn3ccc(nc23)N[C@H](C)c2cc(F)ccc2O1.C[C@H]1COC(=O)c2c(N)nn3ccc(nc23)N[C@H](C)c2cc(F)ccc2O1.C[C@H]1Nc2ccn3ncc(c3n2)C(=O)CCCOc2ccc(F)cc21.C[C@H]1Nc2ccn3ncc(c3n2)C(=O)SCCOc2ccc(F)cc21. The summed E-state index contributed by atoms with van der Waals surface area (Å²) in [5.74, 6) is 2.12. The molecule has 7 N–H and O–H groups in total. The molecule has 0 unspecified atom stereocenters. The minimum atomic E-state index is -0.710. The number of benzene rings is 5. The number of nitrogens with two attached hydrogens (primary N) is 1. The van der Waals surface area contributed by atoms with Gasteiger partial charge in [0.15, 0.2) is 45.5 Å². The molecule has 35 nitrogen and oxygen atoms in total. The number of ketones is 1. The largest absolute Gasteiger partial charge is 0.493 e. The van der Waals surface area contributed by atoms with Crippen molar-refractivity contribution in [3.8, 4) is 34.8 Å². The van der Waals surface area contributed by atoms with Crippen LogP contribution >= 0.6 is 27.7 Å². The van der Waals surface area contributed by atoms with Crippen molar-refractivity contribution in [3.63, 3.8) is 0 Å². The van der Waals surface area contributed by atoms with Crippen molar-refractivity contribution in [1.82, 2.24) is 73.0 Å². The lowest BCUT2D eigenvalue weighted by molar-refractivity contribution is 0.0335. The highest BCUT2D eigenvalue weighted by Gasteiger charge is 2.31. The van der Waals surface area contributed by atoms with Gasteiger partial charge in [-0.3, -0.25) is 9.59 Å². The fourth-order valence-corrected chi connectivity index (χ4v) is 15.9. The zero-order valence-corrected chi connectivity index (χ0v) is 74.0. The lowest BCUT2D eigenvalue weighted by Gasteiger charge is -2.21. The quantitative estimate of drug-likeness (QED) is 0.0466. The number of Topliss-reactive ketones (excluding diaryl/α,β-unsaturated/α-hetero) is 1. The third kappa shape index (κ3) is 20.1. The van der Waals surface area contributed by atoms with Crippen molar-refractivity contribution in [2.45, 2.75) is 117 Å². The number of halogens is 6. The fraction of sp³-hybridized carbons (Fsp3) is 0.267. The van der Waals surface area contributed by atoms with Gasteiger partial charge in [0.25, 0.3) is 0 Å². The third-order valence-corrected chi connectivity index (χ3v) is 22.5. The van der Waals surface area contributed by atoms with Gasteiger partial charge >= 0.3 is 17.9 Å². The minimum absolute atomic E-state index is 0.00573. The number of ether oxygens (including phenoxy) is 8. The molecule has 0 saturated carbocycles. The second kappa shape index (κ2) is 39.0. The van der Waals surface area contributed by atoms with Gasteiger partial charge < -0.3 is 70.2 Å². The maximum absolute atomic E-state index is 13.8. The smallest absolute Gasteiger partial charge is 0.346 e. The Morgan fingerprint density at radius 1 is 0.417 bits per heavy atom. The molecule has 0 amide bonds. The van der Waals surface area contributed by atoms with Crippen LogP contribution in [0.2, 0.25) is 0 Å². The van der Waals surface area contributed by atoms with Crippen molar-refractivity contribution >= 4 is 120 Å². The molecule has 15 aromatic rings. The maximum Gasteiger partial charge on any atom is 0.346 e. The molecule has 0 saturated heterocycles. The van der Waals surface area contributed by atoms with Crippen LogP contribution in [0.15, 0.2) is 169 Å². The number of nitrogens with one attached hydrogen (secondary N) is 5. The lowest BCUT2D eigenvalue weighted by atomic mass is 10.1. The predicted molar refractivity (Wildman–Crippen MR) is 476 cm³/mol. The first-order valence-corrected chi connectivity index (χ1v) is 43.3. The fourth-order valence-electron chi connectivity index (χ4n) is 14.7. The van der Waals surface area contributed by atoms with E-state index in [-0.39, 0.29) is 130 Å². The Morgan fingerprint density at radius 2 is 0.758 bits per heavy atom. The predicted octanol–water partition coefficient (Wildman–Crippen LogP) is 15.9. The van der Waals surface area contributed by atoms with Gasteiger partial charge in [-0.15, -0.1) is 5.10 Å². The van der Waals surface area contributed by atoms with E-state index in [4.69, 9.17) is 43.6 Å². The van der Waals surface area contributed by atoms with Crippen LogP contribution in [0.3, 0.4) is 0 Å². The summed E-state index contributed by atoms with van der Waals surface area (Å²) in [4.78, 5) is 84.8. The summed E-state index contributed by atoms with van der Waals surface area (Å²) in [5, 5.41) is 46.0. The molecule has 0 spiro atoms. The molecule has 678 valence electrons. The van der Waals surface area contributed by atoms with Crippen LogP contribution in [0.25, 0.3) is 28.2 Å². The number of carbonyl (C=O) groups excluding carboxylic acids is 5. The molecule has 42 heteroatoms. The van der Waals surface area contributed by atoms with Gasteiger partial charge in [-0.1, -0.05) is 11.8 Å². The molecule has 0 aliphatic carbocycles. The number of aromatic nitrogens is 15. The molecule has 5 aromatic carbocycles. The Bertz CT molecular complexity index is 6690. The van der Waals surface area contributed by atoms with Gasteiger partial charge in [0.2, 0.25) is 5.12 Å². The Kier molecular flexibility index (Phi) is 26.6. The van der Waals surface area contributed by atoms with Gasteiger partial charge in [0.05, 0.1) is 66.9 Å². The molecule has 20 rings (SSSR count). The monoisotopic (exact) mass is 1880 g/mol. The zero-order valence-electron chi connectivity index (χ0n) is 71.6. The van der Waals surface area contributed by atoms with E-state index in [1.54, 1.807) is 128 Å². The number of hydrogen-bond acceptors (Lipinski definition) is 31. The first kappa shape index (κ1) is 90.1. The number of esters is 3. The van der Waals surface area contributed by atoms with Crippen LogP contribution < -0.4 is 56.0 Å². The Balaban J connectivity index is 0.000000120. The van der Waals surface area contributed by atoms with Crippen LogP contribution in [0, 0.1) is 40.4 Å². The zero-order chi connectivity index (χ0) is 92.9. The van der Waals surface area contributed by atoms with Gasteiger partial charge in [0, 0.05) is 71.0 Å². The topological polar surface area (TPSA) is 420 Å². The van der Waals surface area contributed by atoms with Crippen LogP contribution in [0.1, 0.15) is 184 Å². The summed E-state index contributed by atoms with van der Waals surface area (Å²) < 4.78 is 122. The summed E-state index contributed by atoms with van der Waals surface area (Å²) in [5.41, 5.74) is 12.2. The molecule has 15 heterocycles. The van der Waals surface area contributed by atoms with Crippen LogP contribution in [0.4, 0.5) is 56.9 Å². The van der Waals surface area contributed by atoms with Crippen LogP contribution in [0.5, 0.6) is 28.7 Å². The molecule has 132 heavy (non-hydrogen) atoms. The number of hydrogen-bond donors (Lipinski definition) is 6. The van der Waals surface area contributed by atoms with Crippen molar-refractivity contribution in [3.05, 3.63) is 260 Å². The average Bonchev–Trinajstić information content (AvgIpc) is 1.60. The minimum Gasteiger partial charge on any atom is -0.493 e. The van der Waals surface area contributed by atoms with Crippen molar-refractivity contribution in [2.75, 3.05) is 71.1 Å². The van der Waals surface area contributed by atoms with E-state index in [1.165, 1.54) is 80.4 Å². The second-order valence-corrected chi connectivity index (χ2v) is 32.8. The second-order valence-electron chi connectivity index (χ2n) is 31.0. The van der Waals surface area contributed by atoms with E-state index in [0.29, 0.717) is 150 Å². The highest BCUT2D eigenvalue weighted by Crippen LogP contribution is 2.38. The Morgan fingerprint density at radius 3 is 1.19 bits per heavy atom. The number of nitrogens with zero attached hydrogens (tertiary/aromatic N) is 16. The molecule has 0 fully saturated rings. The van der Waals surface area contributed by atoms with E-state index in [0.717, 1.165) is 11.8 Å². The Hall–Kier alpha value is -15.3. The molecule has 5 aliphatic heterocycles. The molecular formula is C90H82BrF5N22O13S. The van der Waals surface area contributed by atoms with E-state index in [1.807, 2.05) is 40.7 Å². The number of nitriles is 1. The maximum atomic E-state index is 13.8. The van der Waals surface area contributed by atoms with Gasteiger partial charge in [-0.25, -0.2) is 83.8 Å². The molecular weight excluding hydrogens is 1800 g/mol. The number of fused-ring (bicyclic) bond motifs is 10. The normalized spacial score (nSPS) is 19.0. The van der Waals surface area contributed by atoms with Crippen molar-refractivity contribution in [2.24, 2.45) is 0 Å². The van der Waals surface area contributed by atoms with E-state index in [2.05, 4.69) is 92.9 Å². The van der Waals surface area contributed by atoms with E-state index in [9.17, 15) is 51.2 Å². The average molecular weight is 1890 g/mol. The number of rotatable bonds is 0. The number of thioether (sulfide) groups is 1. The molecule has 10 aromatic heterocycles. The molecule has 5 aliphatic rings. The summed E-state index contributed by atoms with van der Waals surface area (Å²) in [6.45, 7) is 15.4. The first-order chi connectivity index (χ1) is 63.5. The van der Waals surface area contributed by atoms with Crippen LogP contribution in [-0.2, 0) is 14.2 Å². The van der Waals surface area contributed by atoms with Gasteiger partial charge in [-0.05, 0) is 199 Å². The molecule has 0 radical (unpaired) electrons. The summed E-state index contributed by atoms with van der Waals surface area (Å²) in [7, 11) is 0. The van der Waals surface area contributed by atoms with Crippen molar-refractivity contribution in [1.29, 1.82) is 5.26 Å².